The highest BCUT2D eigenvalue weighted by molar-refractivity contribution is 7.00. The highest BCUT2D eigenvalue weighted by Crippen LogP contribution is 2.57. The van der Waals surface area contributed by atoms with Crippen molar-refractivity contribution in [3.8, 4) is 44.5 Å². The largest absolute Gasteiger partial charge is 0.382 e. The number of nitrogen functional groups attached to an aromatic ring is 2. The summed E-state index contributed by atoms with van der Waals surface area (Å²) in [4.78, 5) is 26.4. The topological polar surface area (TPSA) is 165 Å². The minimum atomic E-state index is -0.142. The summed E-state index contributed by atoms with van der Waals surface area (Å²) in [6.45, 7) is 4.13. The summed E-state index contributed by atoms with van der Waals surface area (Å²) in [6, 6.07) is 38.0. The van der Waals surface area contributed by atoms with E-state index >= 15 is 0 Å². The van der Waals surface area contributed by atoms with Crippen molar-refractivity contribution in [2.45, 2.75) is 152 Å². The van der Waals surface area contributed by atoms with Crippen LogP contribution in [0.3, 0.4) is 0 Å². The fraction of sp³-hybridized carbons (Fsp3) is 0.444. The highest BCUT2D eigenvalue weighted by atomic mass is 32.1. The van der Waals surface area contributed by atoms with Crippen LogP contribution in [0.1, 0.15) is 151 Å². The number of aromatic nitrogens is 10. The van der Waals surface area contributed by atoms with Crippen LogP contribution in [-0.2, 0) is 23.9 Å². The molecule has 5 aromatic carbocycles. The first-order valence-electron chi connectivity index (χ1n) is 32.4. The van der Waals surface area contributed by atoms with Gasteiger partial charge < -0.3 is 29.6 Å². The van der Waals surface area contributed by atoms with E-state index in [0.29, 0.717) is 22.7 Å². The first-order chi connectivity index (χ1) is 42.2. The molecular weight excluding hydrogens is 1090 g/mol. The molecule has 2 aliphatic carbocycles. The molecule has 14 nitrogen and oxygen atoms in total. The zero-order valence-corrected chi connectivity index (χ0v) is 53.3. The lowest BCUT2D eigenvalue weighted by atomic mass is 9.70. The van der Waals surface area contributed by atoms with Crippen LogP contribution in [-0.4, -0.2) is 112 Å². The molecule has 4 N–H and O–H groups in total. The van der Waals surface area contributed by atoms with Gasteiger partial charge in [0.15, 0.2) is 22.9 Å². The Kier molecular flexibility index (Phi) is 17.7. The molecule has 0 radical (unpaired) electrons. The second-order valence-electron chi connectivity index (χ2n) is 27.3. The molecule has 0 saturated heterocycles. The van der Waals surface area contributed by atoms with E-state index in [4.69, 9.17) is 20.2 Å². The number of unbranched alkanes of at least 4 members (excludes halogenated alkanes) is 12. The maximum absolute atomic E-state index is 6.14. The van der Waals surface area contributed by atoms with Crippen LogP contribution in [0.15, 0.2) is 122 Å². The number of aryl methyl sites for hydroxylation is 2. The predicted molar refractivity (Wildman–Crippen MR) is 358 cm³/mol. The average Bonchev–Trinajstić information content (AvgIpc) is 1.64. The predicted octanol–water partition coefficient (Wildman–Crippen LogP) is 15.6. The monoisotopic (exact) mass is 1180 g/mol. The van der Waals surface area contributed by atoms with Crippen molar-refractivity contribution >= 4 is 56.7 Å². The number of nitrogens with zero attached hydrogens (tertiary/aromatic N) is 12. The summed E-state index contributed by atoms with van der Waals surface area (Å²) in [5, 5.41) is 0. The van der Waals surface area contributed by atoms with Gasteiger partial charge in [-0.3, -0.25) is 0 Å². The zero-order valence-electron chi connectivity index (χ0n) is 52.4. The second-order valence-corrected chi connectivity index (χ2v) is 27.8. The molecule has 0 fully saturated rings. The first-order valence-corrected chi connectivity index (χ1v) is 33.1. The molecule has 452 valence electrons. The van der Waals surface area contributed by atoms with Gasteiger partial charge in [0, 0.05) is 35.0 Å². The third kappa shape index (κ3) is 12.5. The van der Waals surface area contributed by atoms with Crippen LogP contribution in [0.2, 0.25) is 0 Å². The molecule has 0 spiro atoms. The van der Waals surface area contributed by atoms with Gasteiger partial charge in [-0.2, -0.15) is 8.75 Å². The van der Waals surface area contributed by atoms with Gasteiger partial charge in [0.05, 0.1) is 79.8 Å². The van der Waals surface area contributed by atoms with E-state index in [1.807, 2.05) is 12.7 Å². The fourth-order valence-corrected chi connectivity index (χ4v) is 15.5. The van der Waals surface area contributed by atoms with Gasteiger partial charge in [0.25, 0.3) is 0 Å². The molecule has 10 aromatic rings. The minimum absolute atomic E-state index is 0.0296. The molecule has 15 heteroatoms. The molecule has 0 atom stereocenters. The standard InChI is InChI=1S/C72H90N14S/c1-85(2,3)43-25-13-9-21-39-72(40-22-10-14-26-44-86(4,5)6)60-30-18-16-28-56(60)58-34-32-52(46-62(58)72)54-36-35-53(63-64(54)82-87-81-63)51-31-33-57-55-27-15-17-29-59(55)71(61(57)45-51,37-19-7-11-23-41-83-49-79-65-67(73)75-47-77-69(65)83)38-20-8-12-24-42-84-50-80-66-68(74)76-48-78-70(66)84/h15-18,27-36,45-50H,7-14,19-26,37-44H2,1-6H3,(H2,73,75,77)(H2,74,76,78)/q+2. The van der Waals surface area contributed by atoms with Crippen LogP contribution in [0, 0.1) is 0 Å². The van der Waals surface area contributed by atoms with Gasteiger partial charge in [-0.1, -0.05) is 149 Å². The van der Waals surface area contributed by atoms with Gasteiger partial charge >= 0.3 is 0 Å². The summed E-state index contributed by atoms with van der Waals surface area (Å²) in [5.74, 6) is 0.852. The van der Waals surface area contributed by atoms with Gasteiger partial charge in [-0.05, 0) is 132 Å². The van der Waals surface area contributed by atoms with Crippen LogP contribution in [0.5, 0.6) is 0 Å². The van der Waals surface area contributed by atoms with Crippen molar-refractivity contribution in [1.29, 1.82) is 0 Å². The Bertz CT molecular complexity index is 3890. The van der Waals surface area contributed by atoms with Crippen molar-refractivity contribution in [2.24, 2.45) is 0 Å². The summed E-state index contributed by atoms with van der Waals surface area (Å²) in [7, 11) is 13.9. The lowest BCUT2D eigenvalue weighted by Crippen LogP contribution is -2.35. The summed E-state index contributed by atoms with van der Waals surface area (Å²) >= 11 is 1.34. The third-order valence-corrected chi connectivity index (χ3v) is 19.8. The first kappa shape index (κ1) is 59.9. The number of nitrogens with two attached hydrogens (primary N) is 2. The van der Waals surface area contributed by atoms with Gasteiger partial charge in [0.2, 0.25) is 0 Å². The van der Waals surface area contributed by atoms with Crippen LogP contribution in [0.25, 0.3) is 77.9 Å². The van der Waals surface area contributed by atoms with Crippen LogP contribution in [0.4, 0.5) is 11.6 Å². The molecule has 0 amide bonds. The van der Waals surface area contributed by atoms with Gasteiger partial charge in [-0.25, -0.2) is 29.9 Å². The molecule has 87 heavy (non-hydrogen) atoms. The molecule has 12 rings (SSSR count). The van der Waals surface area contributed by atoms with Crippen molar-refractivity contribution < 1.29 is 8.97 Å². The number of quaternary nitrogens is 2. The van der Waals surface area contributed by atoms with Crippen LogP contribution < -0.4 is 11.5 Å². The molecule has 0 aliphatic heterocycles. The van der Waals surface area contributed by atoms with E-state index in [0.717, 1.165) is 120 Å². The molecule has 2 aliphatic rings. The summed E-state index contributed by atoms with van der Waals surface area (Å²) < 4.78 is 16.6. The molecule has 0 unspecified atom stereocenters. The summed E-state index contributed by atoms with van der Waals surface area (Å²) in [5.41, 5.74) is 33.3. The lowest BCUT2D eigenvalue weighted by Gasteiger charge is -2.33. The Labute approximate surface area is 519 Å². The number of hydrogen-bond acceptors (Lipinski definition) is 11. The van der Waals surface area contributed by atoms with Crippen molar-refractivity contribution in [3.05, 3.63) is 145 Å². The Morgan fingerprint density at radius 2 is 0.747 bits per heavy atom. The zero-order chi connectivity index (χ0) is 60.2. The van der Waals surface area contributed by atoms with Crippen molar-refractivity contribution in [3.63, 3.8) is 0 Å². The number of imidazole rings is 2. The number of anilines is 2. The van der Waals surface area contributed by atoms with Crippen LogP contribution >= 0.6 is 11.7 Å². The van der Waals surface area contributed by atoms with Gasteiger partial charge in [-0.15, -0.1) is 0 Å². The fourth-order valence-electron chi connectivity index (χ4n) is 14.9. The second kappa shape index (κ2) is 25.7. The average molecular weight is 1180 g/mol. The number of hydrogen-bond donors (Lipinski definition) is 2. The Balaban J connectivity index is 0.831. The van der Waals surface area contributed by atoms with Crippen molar-refractivity contribution in [1.82, 2.24) is 47.8 Å². The Morgan fingerprint density at radius 3 is 1.16 bits per heavy atom. The number of fused-ring (bicyclic) bond motifs is 9. The lowest BCUT2D eigenvalue weighted by molar-refractivity contribution is -0.870. The molecular formula is C72H90N14S+2. The van der Waals surface area contributed by atoms with E-state index in [1.54, 1.807) is 0 Å². The normalized spacial score (nSPS) is 14.1. The Hall–Kier alpha value is -7.46. The number of rotatable bonds is 30. The number of benzene rings is 5. The van der Waals surface area contributed by atoms with E-state index in [2.05, 4.69) is 178 Å². The summed E-state index contributed by atoms with van der Waals surface area (Å²) in [6.07, 6.45) is 30.2. The highest BCUT2D eigenvalue weighted by Gasteiger charge is 2.44. The van der Waals surface area contributed by atoms with Crippen molar-refractivity contribution in [2.75, 3.05) is 66.8 Å². The van der Waals surface area contributed by atoms with E-state index in [9.17, 15) is 0 Å². The van der Waals surface area contributed by atoms with E-state index < -0.39 is 0 Å². The molecule has 5 aromatic heterocycles. The smallest absolute Gasteiger partial charge is 0.165 e. The molecule has 5 heterocycles. The van der Waals surface area contributed by atoms with Gasteiger partial charge in [0.1, 0.15) is 34.7 Å². The van der Waals surface area contributed by atoms with E-state index in [-0.39, 0.29) is 10.8 Å². The maximum atomic E-state index is 6.14. The third-order valence-electron chi connectivity index (χ3n) is 19.3. The maximum Gasteiger partial charge on any atom is 0.165 e. The minimum Gasteiger partial charge on any atom is -0.382 e. The Morgan fingerprint density at radius 1 is 0.379 bits per heavy atom. The quantitative estimate of drug-likeness (QED) is 0.0327. The SMILES string of the molecule is C[N+](C)(C)CCCCCCC1(CCCCCC[N+](C)(C)C)c2ccccc2-c2ccc(-c3ccc(-c4ccc5c(c4)C(CCCCCCn4cnc6c(N)ncnc64)(CCCCCCn4cnc6c(N)ncnc64)c4ccccc4-5)c4nsnc34)cc21. The molecule has 0 saturated carbocycles. The van der Waals surface area contributed by atoms with E-state index in [1.165, 1.54) is 157 Å². The molecule has 0 bridgehead atoms.